The molecule has 5 heteroatoms. The molecule has 0 radical (unpaired) electrons. The molecule has 90 valence electrons. The summed E-state index contributed by atoms with van der Waals surface area (Å²) in [4.78, 5) is 14.2. The molecule has 3 nitrogen and oxygen atoms in total. The highest BCUT2D eigenvalue weighted by Gasteiger charge is 2.41. The van der Waals surface area contributed by atoms with Crippen LogP contribution < -0.4 is 4.74 Å². The van der Waals surface area contributed by atoms with Crippen molar-refractivity contribution in [1.82, 2.24) is 0 Å². The summed E-state index contributed by atoms with van der Waals surface area (Å²) in [5.74, 6) is -1.73. The summed E-state index contributed by atoms with van der Waals surface area (Å²) in [5, 5.41) is 0. The van der Waals surface area contributed by atoms with E-state index in [1.807, 2.05) is 0 Å². The Kier molecular flexibility index (Phi) is 2.94. The standard InChI is InChI=1S/C12H11F2NO2/c1-17-11-6-10(14)9(13)5-8(11)12(15-7-16)3-2-4-12/h5-6H,2-4H2,1H3. The minimum absolute atomic E-state index is 0.211. The number of methoxy groups -OCH3 is 1. The minimum atomic E-state index is -0.977. The Morgan fingerprint density at radius 1 is 1.35 bits per heavy atom. The van der Waals surface area contributed by atoms with E-state index >= 15 is 0 Å². The maximum atomic E-state index is 13.3. The number of isocyanates is 1. The van der Waals surface area contributed by atoms with Crippen LogP contribution in [-0.2, 0) is 10.3 Å². The van der Waals surface area contributed by atoms with Crippen LogP contribution in [0.1, 0.15) is 24.8 Å². The van der Waals surface area contributed by atoms with Gasteiger partial charge in [0.05, 0.1) is 7.11 Å². The van der Waals surface area contributed by atoms with Gasteiger partial charge >= 0.3 is 0 Å². The molecule has 1 aliphatic rings. The number of ether oxygens (including phenoxy) is 1. The smallest absolute Gasteiger partial charge is 0.235 e. The van der Waals surface area contributed by atoms with Crippen LogP contribution in [0.3, 0.4) is 0 Å². The predicted molar refractivity (Wildman–Crippen MR) is 56.6 cm³/mol. The highest BCUT2D eigenvalue weighted by atomic mass is 19.2. The summed E-state index contributed by atoms with van der Waals surface area (Å²) in [6, 6.07) is 2.03. The number of benzene rings is 1. The van der Waals surface area contributed by atoms with Gasteiger partial charge in [0.2, 0.25) is 6.08 Å². The van der Waals surface area contributed by atoms with Gasteiger partial charge in [0.25, 0.3) is 0 Å². The van der Waals surface area contributed by atoms with Crippen LogP contribution >= 0.6 is 0 Å². The van der Waals surface area contributed by atoms with Crippen LogP contribution in [-0.4, -0.2) is 13.2 Å². The first-order chi connectivity index (χ1) is 8.13. The van der Waals surface area contributed by atoms with E-state index in [9.17, 15) is 13.6 Å². The first-order valence-corrected chi connectivity index (χ1v) is 5.25. The average molecular weight is 239 g/mol. The zero-order valence-electron chi connectivity index (χ0n) is 9.30. The van der Waals surface area contributed by atoms with E-state index in [1.54, 1.807) is 0 Å². The molecule has 0 atom stereocenters. The summed E-state index contributed by atoms with van der Waals surface area (Å²) < 4.78 is 31.3. The SMILES string of the molecule is COc1cc(F)c(F)cc1C1(N=C=O)CCC1. The van der Waals surface area contributed by atoms with E-state index in [2.05, 4.69) is 4.99 Å². The molecule has 2 rings (SSSR count). The minimum Gasteiger partial charge on any atom is -0.496 e. The molecule has 1 saturated carbocycles. The Morgan fingerprint density at radius 3 is 2.47 bits per heavy atom. The van der Waals surface area contributed by atoms with Crippen LogP contribution in [0.5, 0.6) is 5.75 Å². The quantitative estimate of drug-likeness (QED) is 0.600. The van der Waals surface area contributed by atoms with Crippen molar-refractivity contribution in [3.63, 3.8) is 0 Å². The van der Waals surface area contributed by atoms with Gasteiger partial charge in [0.15, 0.2) is 11.6 Å². The monoisotopic (exact) mass is 239 g/mol. The molecule has 0 N–H and O–H groups in total. The molecule has 0 spiro atoms. The molecule has 0 aromatic heterocycles. The van der Waals surface area contributed by atoms with Gasteiger partial charge in [-0.15, -0.1) is 0 Å². The van der Waals surface area contributed by atoms with Crippen molar-refractivity contribution < 1.29 is 18.3 Å². The maximum Gasteiger partial charge on any atom is 0.235 e. The molecule has 0 amide bonds. The summed E-state index contributed by atoms with van der Waals surface area (Å²) >= 11 is 0. The van der Waals surface area contributed by atoms with E-state index < -0.39 is 17.2 Å². The average Bonchev–Trinajstić information content (AvgIpc) is 2.27. The third kappa shape index (κ3) is 1.83. The fourth-order valence-electron chi connectivity index (χ4n) is 2.10. The van der Waals surface area contributed by atoms with Gasteiger partial charge < -0.3 is 4.74 Å². The third-order valence-electron chi connectivity index (χ3n) is 3.18. The Labute approximate surface area is 97.1 Å². The van der Waals surface area contributed by atoms with Gasteiger partial charge in [0.1, 0.15) is 11.3 Å². The van der Waals surface area contributed by atoms with Crippen molar-refractivity contribution >= 4 is 6.08 Å². The molecule has 1 aromatic carbocycles. The first kappa shape index (κ1) is 11.7. The van der Waals surface area contributed by atoms with Crippen LogP contribution in [0.2, 0.25) is 0 Å². The Bertz CT molecular complexity index is 492. The summed E-state index contributed by atoms with van der Waals surface area (Å²) in [6.07, 6.45) is 3.61. The lowest BCUT2D eigenvalue weighted by molar-refractivity contribution is 0.244. The molecule has 0 aliphatic heterocycles. The van der Waals surface area contributed by atoms with Gasteiger partial charge in [-0.1, -0.05) is 0 Å². The van der Waals surface area contributed by atoms with Crippen LogP contribution in [0.25, 0.3) is 0 Å². The normalized spacial score (nSPS) is 16.9. The molecule has 1 aliphatic carbocycles. The second kappa shape index (κ2) is 4.26. The lowest BCUT2D eigenvalue weighted by Gasteiger charge is -2.37. The Balaban J connectivity index is 2.57. The van der Waals surface area contributed by atoms with Crippen LogP contribution in [0, 0.1) is 11.6 Å². The molecule has 0 unspecified atom stereocenters. The van der Waals surface area contributed by atoms with E-state index in [4.69, 9.17) is 4.74 Å². The molecule has 1 aromatic rings. The zero-order chi connectivity index (χ0) is 12.5. The first-order valence-electron chi connectivity index (χ1n) is 5.25. The lowest BCUT2D eigenvalue weighted by Crippen LogP contribution is -2.32. The fraction of sp³-hybridized carbons (Fsp3) is 0.417. The van der Waals surface area contributed by atoms with E-state index in [0.717, 1.165) is 18.6 Å². The molecule has 0 heterocycles. The molecular formula is C12H11F2NO2. The number of carbonyl (C=O) groups excluding carboxylic acids is 1. The van der Waals surface area contributed by atoms with Gasteiger partial charge in [-0.05, 0) is 25.3 Å². The highest BCUT2D eigenvalue weighted by molar-refractivity contribution is 5.45. The molecule has 1 fully saturated rings. The van der Waals surface area contributed by atoms with Gasteiger partial charge in [-0.2, -0.15) is 4.99 Å². The second-order valence-electron chi connectivity index (χ2n) is 4.05. The number of nitrogens with zero attached hydrogens (tertiary/aromatic N) is 1. The van der Waals surface area contributed by atoms with E-state index in [0.29, 0.717) is 18.4 Å². The van der Waals surface area contributed by atoms with E-state index in [-0.39, 0.29) is 5.75 Å². The fourth-order valence-corrected chi connectivity index (χ4v) is 2.10. The van der Waals surface area contributed by atoms with Crippen molar-refractivity contribution in [1.29, 1.82) is 0 Å². The number of hydrogen-bond donors (Lipinski definition) is 0. The molecule has 17 heavy (non-hydrogen) atoms. The second-order valence-corrected chi connectivity index (χ2v) is 4.05. The molecule has 0 saturated heterocycles. The zero-order valence-corrected chi connectivity index (χ0v) is 9.30. The lowest BCUT2D eigenvalue weighted by atomic mass is 9.72. The van der Waals surface area contributed by atoms with Gasteiger partial charge in [-0.3, -0.25) is 0 Å². The van der Waals surface area contributed by atoms with Crippen LogP contribution in [0.4, 0.5) is 8.78 Å². The summed E-state index contributed by atoms with van der Waals surface area (Å²) in [7, 11) is 1.37. The van der Waals surface area contributed by atoms with Crippen molar-refractivity contribution in [3.8, 4) is 5.75 Å². The van der Waals surface area contributed by atoms with Gasteiger partial charge in [-0.25, -0.2) is 13.6 Å². The topological polar surface area (TPSA) is 38.7 Å². The number of halogens is 2. The van der Waals surface area contributed by atoms with Crippen LogP contribution in [0.15, 0.2) is 17.1 Å². The van der Waals surface area contributed by atoms with Gasteiger partial charge in [0, 0.05) is 11.6 Å². The summed E-state index contributed by atoms with van der Waals surface area (Å²) in [5.41, 5.74) is -0.379. The van der Waals surface area contributed by atoms with E-state index in [1.165, 1.54) is 13.2 Å². The predicted octanol–water partition coefficient (Wildman–Crippen LogP) is 2.69. The number of aliphatic imine (C=N–C) groups is 1. The Hall–Kier alpha value is -1.74. The van der Waals surface area contributed by atoms with Crippen molar-refractivity contribution in [2.45, 2.75) is 24.8 Å². The molecular weight excluding hydrogens is 228 g/mol. The molecule has 0 bridgehead atoms. The Morgan fingerprint density at radius 2 is 2.00 bits per heavy atom. The van der Waals surface area contributed by atoms with Crippen molar-refractivity contribution in [2.24, 2.45) is 4.99 Å². The number of hydrogen-bond acceptors (Lipinski definition) is 3. The third-order valence-corrected chi connectivity index (χ3v) is 3.18. The highest BCUT2D eigenvalue weighted by Crippen LogP contribution is 2.48. The van der Waals surface area contributed by atoms with Crippen molar-refractivity contribution in [3.05, 3.63) is 29.3 Å². The van der Waals surface area contributed by atoms with Crippen molar-refractivity contribution in [2.75, 3.05) is 7.11 Å². The number of rotatable bonds is 3. The maximum absolute atomic E-state index is 13.3. The summed E-state index contributed by atoms with van der Waals surface area (Å²) in [6.45, 7) is 0. The largest absolute Gasteiger partial charge is 0.496 e.